The largest absolute Gasteiger partial charge is 0.487 e. The van der Waals surface area contributed by atoms with Gasteiger partial charge in [0.1, 0.15) is 17.5 Å². The normalized spacial score (nSPS) is 23.1. The Morgan fingerprint density at radius 1 is 1.25 bits per heavy atom. The van der Waals surface area contributed by atoms with Crippen molar-refractivity contribution in [1.82, 2.24) is 0 Å². The van der Waals surface area contributed by atoms with Gasteiger partial charge in [-0.3, -0.25) is 4.79 Å². The van der Waals surface area contributed by atoms with Crippen molar-refractivity contribution in [3.05, 3.63) is 27.8 Å². The van der Waals surface area contributed by atoms with E-state index in [4.69, 9.17) is 9.47 Å². The van der Waals surface area contributed by atoms with Gasteiger partial charge in [0.2, 0.25) is 0 Å². The maximum absolute atomic E-state index is 12.1. The smallest absolute Gasteiger partial charge is 0.336 e. The molecule has 0 amide bonds. The zero-order chi connectivity index (χ0) is 20.6. The molecule has 2 heterocycles. The van der Waals surface area contributed by atoms with Gasteiger partial charge in [-0.05, 0) is 56.7 Å². The molecular formula is C22H30O6. The number of rotatable bonds is 6. The number of carboxylic acids is 1. The van der Waals surface area contributed by atoms with Crippen molar-refractivity contribution in [2.24, 2.45) is 0 Å². The van der Waals surface area contributed by atoms with Crippen LogP contribution in [0.25, 0.3) is 0 Å². The molecule has 1 aromatic rings. The molecule has 2 aliphatic heterocycles. The van der Waals surface area contributed by atoms with Gasteiger partial charge in [0.25, 0.3) is 0 Å². The molecule has 3 rings (SSSR count). The fraction of sp³-hybridized carbons (Fsp3) is 0.636. The molecule has 0 radical (unpaired) electrons. The molecule has 0 aliphatic carbocycles. The predicted molar refractivity (Wildman–Crippen MR) is 104 cm³/mol. The topological polar surface area (TPSA) is 93.1 Å². The molecule has 154 valence electrons. The number of fused-ring (bicyclic) bond motifs is 1. The number of carbonyl (C=O) groups excluding carboxylic acids is 1. The van der Waals surface area contributed by atoms with E-state index in [0.717, 1.165) is 34.4 Å². The summed E-state index contributed by atoms with van der Waals surface area (Å²) in [5.74, 6) is -0.483. The lowest BCUT2D eigenvalue weighted by atomic mass is 9.85. The number of benzene rings is 1. The number of aliphatic hydroxyl groups is 1. The van der Waals surface area contributed by atoms with Crippen LogP contribution in [0.2, 0.25) is 0 Å². The lowest BCUT2D eigenvalue weighted by Gasteiger charge is -2.27. The van der Waals surface area contributed by atoms with E-state index in [1.165, 1.54) is 0 Å². The van der Waals surface area contributed by atoms with Gasteiger partial charge in [-0.15, -0.1) is 0 Å². The average molecular weight is 390 g/mol. The Bertz CT molecular complexity index is 795. The summed E-state index contributed by atoms with van der Waals surface area (Å²) >= 11 is 0. The van der Waals surface area contributed by atoms with E-state index in [1.54, 1.807) is 0 Å². The second-order valence-electron chi connectivity index (χ2n) is 8.60. The number of ether oxygens (including phenoxy) is 2. The summed E-state index contributed by atoms with van der Waals surface area (Å²) in [6.07, 6.45) is 2.68. The Balaban J connectivity index is 2.01. The van der Waals surface area contributed by atoms with Crippen LogP contribution in [-0.4, -0.2) is 40.0 Å². The first-order valence-corrected chi connectivity index (χ1v) is 10.1. The van der Waals surface area contributed by atoms with Crippen molar-refractivity contribution >= 4 is 11.9 Å². The molecular weight excluding hydrogens is 360 g/mol. The molecule has 6 nitrogen and oxygen atoms in total. The first-order valence-electron chi connectivity index (χ1n) is 10.1. The molecule has 2 N–H and O–H groups in total. The molecule has 2 unspecified atom stereocenters. The van der Waals surface area contributed by atoms with Crippen molar-refractivity contribution in [2.45, 2.75) is 90.4 Å². The zero-order valence-electron chi connectivity index (χ0n) is 17.1. The van der Waals surface area contributed by atoms with Crippen LogP contribution in [-0.2, 0) is 28.8 Å². The van der Waals surface area contributed by atoms with Crippen molar-refractivity contribution < 1.29 is 29.3 Å². The summed E-state index contributed by atoms with van der Waals surface area (Å²) in [5.41, 5.74) is 3.51. The van der Waals surface area contributed by atoms with Crippen LogP contribution in [0.15, 0.2) is 0 Å². The van der Waals surface area contributed by atoms with Gasteiger partial charge in [-0.25, -0.2) is 4.79 Å². The molecule has 0 saturated carbocycles. The zero-order valence-corrected chi connectivity index (χ0v) is 17.1. The third kappa shape index (κ3) is 4.02. The molecule has 2 atom stereocenters. The van der Waals surface area contributed by atoms with Gasteiger partial charge in [0.15, 0.2) is 0 Å². The Kier molecular flexibility index (Phi) is 5.71. The Hall–Kier alpha value is -2.08. The van der Waals surface area contributed by atoms with Gasteiger partial charge < -0.3 is 19.7 Å². The number of carboxylic acid groups (broad SMARTS) is 1. The summed E-state index contributed by atoms with van der Waals surface area (Å²) in [5, 5.41) is 19.8. The minimum absolute atomic E-state index is 0.0397. The number of esters is 1. The molecule has 28 heavy (non-hydrogen) atoms. The Morgan fingerprint density at radius 2 is 1.96 bits per heavy atom. The standard InChI is InChI=1S/C22H30O6/c1-5-6-15-16(8-7-14-9-13(23)10-18(24)27-14)20-17(11-22(3,4)28-20)12(2)19(15)21(25)26/h13-14,23H,5-11H2,1-4H3,(H,25,26). The van der Waals surface area contributed by atoms with Crippen LogP contribution in [0.4, 0.5) is 0 Å². The fourth-order valence-corrected chi connectivity index (χ4v) is 4.51. The van der Waals surface area contributed by atoms with Crippen molar-refractivity contribution in [1.29, 1.82) is 0 Å². The quantitative estimate of drug-likeness (QED) is 0.724. The number of cyclic esters (lactones) is 1. The number of aromatic carboxylic acids is 1. The lowest BCUT2D eigenvalue weighted by Crippen LogP contribution is -2.33. The maximum Gasteiger partial charge on any atom is 0.336 e. The third-order valence-electron chi connectivity index (χ3n) is 5.69. The average Bonchev–Trinajstić information content (AvgIpc) is 2.89. The minimum atomic E-state index is -0.908. The Morgan fingerprint density at radius 3 is 2.57 bits per heavy atom. The van der Waals surface area contributed by atoms with E-state index in [2.05, 4.69) is 0 Å². The Labute approximate surface area is 165 Å². The van der Waals surface area contributed by atoms with Crippen LogP contribution >= 0.6 is 0 Å². The van der Waals surface area contributed by atoms with Gasteiger partial charge in [0, 0.05) is 18.4 Å². The van der Waals surface area contributed by atoms with E-state index in [-0.39, 0.29) is 24.1 Å². The summed E-state index contributed by atoms with van der Waals surface area (Å²) in [6, 6.07) is 0. The lowest BCUT2D eigenvalue weighted by molar-refractivity contribution is -0.160. The van der Waals surface area contributed by atoms with Crippen LogP contribution < -0.4 is 4.74 Å². The molecule has 0 aromatic heterocycles. The number of hydrogen-bond acceptors (Lipinski definition) is 5. The van der Waals surface area contributed by atoms with E-state index in [1.807, 2.05) is 27.7 Å². The van der Waals surface area contributed by atoms with Crippen molar-refractivity contribution in [2.75, 3.05) is 0 Å². The highest BCUT2D eigenvalue weighted by Crippen LogP contribution is 2.44. The van der Waals surface area contributed by atoms with Gasteiger partial charge in [-0.2, -0.15) is 0 Å². The van der Waals surface area contributed by atoms with E-state index < -0.39 is 12.1 Å². The molecule has 0 spiro atoms. The van der Waals surface area contributed by atoms with Crippen LogP contribution in [0.3, 0.4) is 0 Å². The van der Waals surface area contributed by atoms with E-state index >= 15 is 0 Å². The molecule has 1 aromatic carbocycles. The second kappa shape index (κ2) is 7.74. The maximum atomic E-state index is 12.1. The van der Waals surface area contributed by atoms with E-state index in [9.17, 15) is 19.8 Å². The van der Waals surface area contributed by atoms with Gasteiger partial charge in [0.05, 0.1) is 18.1 Å². The van der Waals surface area contributed by atoms with Crippen LogP contribution in [0, 0.1) is 6.92 Å². The van der Waals surface area contributed by atoms with E-state index in [0.29, 0.717) is 37.7 Å². The predicted octanol–water partition coefficient (Wildman–Crippen LogP) is 3.36. The minimum Gasteiger partial charge on any atom is -0.487 e. The molecule has 6 heteroatoms. The first-order chi connectivity index (χ1) is 13.1. The highest BCUT2D eigenvalue weighted by molar-refractivity contribution is 5.93. The molecule has 1 fully saturated rings. The van der Waals surface area contributed by atoms with Crippen molar-refractivity contribution in [3.63, 3.8) is 0 Å². The molecule has 0 bridgehead atoms. The monoisotopic (exact) mass is 390 g/mol. The molecule has 2 aliphatic rings. The summed E-state index contributed by atoms with van der Waals surface area (Å²) < 4.78 is 11.6. The fourth-order valence-electron chi connectivity index (χ4n) is 4.51. The summed E-state index contributed by atoms with van der Waals surface area (Å²) in [6.45, 7) is 7.92. The molecule has 1 saturated heterocycles. The number of hydrogen-bond donors (Lipinski definition) is 2. The van der Waals surface area contributed by atoms with Crippen molar-refractivity contribution in [3.8, 4) is 5.75 Å². The number of carbonyl (C=O) groups is 2. The summed E-state index contributed by atoms with van der Waals surface area (Å²) in [7, 11) is 0. The van der Waals surface area contributed by atoms with Crippen LogP contribution in [0.5, 0.6) is 5.75 Å². The van der Waals surface area contributed by atoms with Gasteiger partial charge >= 0.3 is 11.9 Å². The summed E-state index contributed by atoms with van der Waals surface area (Å²) in [4.78, 5) is 23.7. The second-order valence-corrected chi connectivity index (χ2v) is 8.60. The highest BCUT2D eigenvalue weighted by atomic mass is 16.5. The van der Waals surface area contributed by atoms with Crippen LogP contribution in [0.1, 0.15) is 79.1 Å². The third-order valence-corrected chi connectivity index (χ3v) is 5.69. The first kappa shape index (κ1) is 20.6. The SMILES string of the molecule is CCCc1c(CCC2CC(O)CC(=O)O2)c2c(c(C)c1C(=O)O)CC(C)(C)O2. The number of aliphatic hydroxyl groups excluding tert-OH is 1. The van der Waals surface area contributed by atoms with Gasteiger partial charge in [-0.1, -0.05) is 13.3 Å². The highest BCUT2D eigenvalue weighted by Gasteiger charge is 2.37.